The van der Waals surface area contributed by atoms with Gasteiger partial charge in [0.15, 0.2) is 5.85 Å². The number of anilines is 1. The molecule has 0 radical (unpaired) electrons. The van der Waals surface area contributed by atoms with Crippen LogP contribution < -0.4 is 10.6 Å². The molecule has 0 aromatic heterocycles. The van der Waals surface area contributed by atoms with Crippen LogP contribution >= 0.6 is 0 Å². The number of aliphatic hydroxyl groups is 2. The fourth-order valence-electron chi connectivity index (χ4n) is 1.44. The first kappa shape index (κ1) is 11.0. The summed E-state index contributed by atoms with van der Waals surface area (Å²) in [5.41, 5.74) is 6.21. The summed E-state index contributed by atoms with van der Waals surface area (Å²) in [5.74, 6) is -1.57. The number of rotatable bonds is 3. The van der Waals surface area contributed by atoms with Gasteiger partial charge in [-0.1, -0.05) is 18.2 Å². The number of aliphatic hydroxyl groups excluding tert-OH is 1. The summed E-state index contributed by atoms with van der Waals surface area (Å²) < 4.78 is 0. The van der Waals surface area contributed by atoms with Crippen molar-refractivity contribution < 1.29 is 10.2 Å². The van der Waals surface area contributed by atoms with E-state index < -0.39 is 12.1 Å². The van der Waals surface area contributed by atoms with Crippen LogP contribution in [0, 0.1) is 0 Å². The van der Waals surface area contributed by atoms with E-state index in [4.69, 9.17) is 5.73 Å². The zero-order valence-corrected chi connectivity index (χ0v) is 8.38. The molecule has 4 heteroatoms. The number of benzene rings is 1. The molecule has 78 valence electrons. The van der Waals surface area contributed by atoms with Gasteiger partial charge < -0.3 is 15.1 Å². The Morgan fingerprint density at radius 1 is 1.36 bits per heavy atom. The standard InChI is InChI=1S/C10H16N2O2/c1-8(13)12(10(2,11)14)9-6-4-3-5-7-9/h3-8,13-14H,11H2,1-2H3. The molecular weight excluding hydrogens is 180 g/mol. The maximum absolute atomic E-state index is 9.64. The molecular formula is C10H16N2O2. The van der Waals surface area contributed by atoms with Crippen molar-refractivity contribution in [1.29, 1.82) is 0 Å². The number of para-hydroxylation sites is 1. The lowest BCUT2D eigenvalue weighted by atomic mass is 10.2. The lowest BCUT2D eigenvalue weighted by Crippen LogP contribution is -2.57. The highest BCUT2D eigenvalue weighted by Gasteiger charge is 2.27. The second kappa shape index (κ2) is 3.96. The van der Waals surface area contributed by atoms with E-state index in [2.05, 4.69) is 0 Å². The van der Waals surface area contributed by atoms with Crippen LogP contribution in [0.1, 0.15) is 13.8 Å². The quantitative estimate of drug-likeness (QED) is 0.614. The van der Waals surface area contributed by atoms with Gasteiger partial charge in [0.05, 0.1) is 0 Å². The van der Waals surface area contributed by atoms with Crippen LogP contribution in [-0.2, 0) is 0 Å². The van der Waals surface area contributed by atoms with Gasteiger partial charge in [-0.15, -0.1) is 0 Å². The first-order valence-corrected chi connectivity index (χ1v) is 4.46. The van der Waals surface area contributed by atoms with E-state index >= 15 is 0 Å². The molecule has 1 aromatic rings. The van der Waals surface area contributed by atoms with Gasteiger partial charge >= 0.3 is 0 Å². The Bertz CT molecular complexity index is 280. The molecule has 0 aliphatic rings. The minimum absolute atomic E-state index is 0.676. The van der Waals surface area contributed by atoms with E-state index in [0.717, 1.165) is 0 Å². The minimum atomic E-state index is -1.57. The van der Waals surface area contributed by atoms with Crippen molar-refractivity contribution in [2.45, 2.75) is 25.9 Å². The monoisotopic (exact) mass is 196 g/mol. The van der Waals surface area contributed by atoms with Gasteiger partial charge in [-0.3, -0.25) is 5.73 Å². The smallest absolute Gasteiger partial charge is 0.191 e. The SMILES string of the molecule is CC(O)N(c1ccccc1)C(C)(N)O. The Hall–Kier alpha value is -1.10. The predicted octanol–water partition coefficient (Wildman–Crippen LogP) is 0.456. The third kappa shape index (κ3) is 2.45. The fourth-order valence-corrected chi connectivity index (χ4v) is 1.44. The Morgan fingerprint density at radius 2 is 1.86 bits per heavy atom. The molecule has 2 atom stereocenters. The van der Waals surface area contributed by atoms with Crippen LogP contribution in [0.3, 0.4) is 0 Å². The molecule has 0 saturated carbocycles. The van der Waals surface area contributed by atoms with Crippen molar-refractivity contribution >= 4 is 5.69 Å². The predicted molar refractivity (Wildman–Crippen MR) is 55.4 cm³/mol. The van der Waals surface area contributed by atoms with E-state index in [1.807, 2.05) is 18.2 Å². The van der Waals surface area contributed by atoms with Gasteiger partial charge in [-0.25, -0.2) is 0 Å². The van der Waals surface area contributed by atoms with Gasteiger partial charge in [0, 0.05) is 5.69 Å². The molecule has 4 N–H and O–H groups in total. The van der Waals surface area contributed by atoms with Crippen LogP contribution in [-0.4, -0.2) is 22.3 Å². The average molecular weight is 196 g/mol. The van der Waals surface area contributed by atoms with Crippen molar-refractivity contribution in [2.24, 2.45) is 5.73 Å². The van der Waals surface area contributed by atoms with Gasteiger partial charge in [0.2, 0.25) is 0 Å². The van der Waals surface area contributed by atoms with Crippen LogP contribution in [0.25, 0.3) is 0 Å². The maximum Gasteiger partial charge on any atom is 0.191 e. The molecule has 1 aromatic carbocycles. The normalized spacial score (nSPS) is 17.2. The zero-order valence-electron chi connectivity index (χ0n) is 8.38. The highest BCUT2D eigenvalue weighted by atomic mass is 16.3. The van der Waals surface area contributed by atoms with Crippen LogP contribution in [0.2, 0.25) is 0 Å². The highest BCUT2D eigenvalue weighted by molar-refractivity contribution is 5.47. The summed E-state index contributed by atoms with van der Waals surface area (Å²) in [4.78, 5) is 1.33. The molecule has 1 rings (SSSR count). The number of hydrogen-bond acceptors (Lipinski definition) is 4. The third-order valence-corrected chi connectivity index (χ3v) is 1.90. The van der Waals surface area contributed by atoms with E-state index in [9.17, 15) is 10.2 Å². The molecule has 4 nitrogen and oxygen atoms in total. The summed E-state index contributed by atoms with van der Waals surface area (Å²) in [6, 6.07) is 9.03. The Balaban J connectivity index is 3.02. The molecule has 0 aliphatic heterocycles. The second-order valence-corrected chi connectivity index (χ2v) is 3.43. The van der Waals surface area contributed by atoms with Gasteiger partial charge in [-0.2, -0.15) is 0 Å². The summed E-state index contributed by atoms with van der Waals surface area (Å²) >= 11 is 0. The lowest BCUT2D eigenvalue weighted by molar-refractivity contribution is 0.0185. The third-order valence-electron chi connectivity index (χ3n) is 1.90. The molecule has 0 fully saturated rings. The molecule has 0 spiro atoms. The lowest BCUT2D eigenvalue weighted by Gasteiger charge is -2.37. The largest absolute Gasteiger partial charge is 0.374 e. The molecule has 14 heavy (non-hydrogen) atoms. The van der Waals surface area contributed by atoms with Crippen molar-refractivity contribution in [3.05, 3.63) is 30.3 Å². The van der Waals surface area contributed by atoms with Crippen molar-refractivity contribution in [1.82, 2.24) is 0 Å². The van der Waals surface area contributed by atoms with E-state index in [-0.39, 0.29) is 0 Å². The highest BCUT2D eigenvalue weighted by Crippen LogP contribution is 2.20. The molecule has 0 heterocycles. The van der Waals surface area contributed by atoms with E-state index in [1.54, 1.807) is 19.1 Å². The number of nitrogens with zero attached hydrogens (tertiary/aromatic N) is 1. The Morgan fingerprint density at radius 3 is 2.21 bits per heavy atom. The molecule has 0 aliphatic carbocycles. The number of hydrogen-bond donors (Lipinski definition) is 3. The number of nitrogens with two attached hydrogens (primary N) is 1. The van der Waals surface area contributed by atoms with Gasteiger partial charge in [0.1, 0.15) is 6.23 Å². The van der Waals surface area contributed by atoms with Gasteiger partial charge in [-0.05, 0) is 26.0 Å². The van der Waals surface area contributed by atoms with Crippen LogP contribution in [0.15, 0.2) is 30.3 Å². The Kier molecular flexibility index (Phi) is 3.10. The molecule has 0 bridgehead atoms. The van der Waals surface area contributed by atoms with Gasteiger partial charge in [0.25, 0.3) is 0 Å². The summed E-state index contributed by atoms with van der Waals surface area (Å²) in [6.45, 7) is 2.97. The van der Waals surface area contributed by atoms with Crippen molar-refractivity contribution in [3.63, 3.8) is 0 Å². The maximum atomic E-state index is 9.64. The zero-order chi connectivity index (χ0) is 10.8. The van der Waals surface area contributed by atoms with E-state index in [0.29, 0.717) is 5.69 Å². The van der Waals surface area contributed by atoms with E-state index in [1.165, 1.54) is 11.8 Å². The summed E-state index contributed by atoms with van der Waals surface area (Å²) in [5, 5.41) is 19.1. The first-order valence-electron chi connectivity index (χ1n) is 4.46. The Labute approximate surface area is 83.6 Å². The molecule has 0 saturated heterocycles. The minimum Gasteiger partial charge on any atom is -0.374 e. The first-order chi connectivity index (χ1) is 6.43. The fraction of sp³-hybridized carbons (Fsp3) is 0.400. The topological polar surface area (TPSA) is 69.7 Å². The van der Waals surface area contributed by atoms with Crippen LogP contribution in [0.4, 0.5) is 5.69 Å². The molecule has 2 unspecified atom stereocenters. The second-order valence-electron chi connectivity index (χ2n) is 3.43. The van der Waals surface area contributed by atoms with Crippen molar-refractivity contribution in [2.75, 3.05) is 4.90 Å². The summed E-state index contributed by atoms with van der Waals surface area (Å²) in [6.07, 6.45) is -0.850. The van der Waals surface area contributed by atoms with Crippen LogP contribution in [0.5, 0.6) is 0 Å². The summed E-state index contributed by atoms with van der Waals surface area (Å²) in [7, 11) is 0. The van der Waals surface area contributed by atoms with Crippen molar-refractivity contribution in [3.8, 4) is 0 Å². The molecule has 0 amide bonds. The average Bonchev–Trinajstić information content (AvgIpc) is 2.02.